The molecule has 0 bridgehead atoms. The molecule has 4 aliphatic heterocycles. The van der Waals surface area contributed by atoms with Gasteiger partial charge in [0.2, 0.25) is 17.7 Å². The number of nitrogens with zero attached hydrogens (tertiary/aromatic N) is 8. The van der Waals surface area contributed by atoms with Gasteiger partial charge in [-0.3, -0.25) is 29.4 Å². The number of para-hydroxylation sites is 1. The fourth-order valence-electron chi connectivity index (χ4n) is 10.4. The SMILES string of the molecule is Nc1ncnc2c1c(-c1ccc(Oc3ccccc3)cc1)nn2C1CCCN(C(=O)/C=C/CN2CCN(CCCCCCCCCCCCSc3cccc4c3CN(C3CCC(=O)NC3=O)C4=O)CC2)C1. The Bertz CT molecular complexity index is 2650. The van der Waals surface area contributed by atoms with Gasteiger partial charge in [0.1, 0.15) is 35.4 Å². The number of aromatic nitrogens is 4. The lowest BCUT2D eigenvalue weighted by atomic mass is 10.0. The Balaban J connectivity index is 0.613. The number of hydrogen-bond acceptors (Lipinski definition) is 12. The third-order valence-electron chi connectivity index (χ3n) is 14.4. The summed E-state index contributed by atoms with van der Waals surface area (Å²) in [5.74, 6) is 2.19. The Morgan fingerprint density at radius 2 is 1.51 bits per heavy atom. The van der Waals surface area contributed by atoms with Gasteiger partial charge in [0.15, 0.2) is 5.65 Å². The van der Waals surface area contributed by atoms with E-state index in [1.54, 1.807) is 11.0 Å². The summed E-state index contributed by atoms with van der Waals surface area (Å²) in [5, 5.41) is 8.17. The molecular weight excluding hydrogens is 913 g/mol. The largest absolute Gasteiger partial charge is 0.457 e. The second kappa shape index (κ2) is 24.3. The van der Waals surface area contributed by atoms with E-state index in [9.17, 15) is 19.2 Å². The van der Waals surface area contributed by atoms with Crippen molar-refractivity contribution in [2.75, 3.05) is 63.8 Å². The first-order chi connectivity index (χ1) is 34.8. The minimum atomic E-state index is -0.576. The average Bonchev–Trinajstić information content (AvgIpc) is 3.95. The fraction of sp³-hybridized carbons (Fsp3) is 0.473. The lowest BCUT2D eigenvalue weighted by Gasteiger charge is -2.34. The number of carbonyl (C=O) groups excluding carboxylic acids is 4. The molecular formula is C55H68N10O5S. The van der Waals surface area contributed by atoms with Crippen LogP contribution in [0, 0.1) is 0 Å². The highest BCUT2D eigenvalue weighted by Gasteiger charge is 2.40. The van der Waals surface area contributed by atoms with Gasteiger partial charge in [0.25, 0.3) is 5.91 Å². The molecule has 4 aliphatic rings. The van der Waals surface area contributed by atoms with Crippen molar-refractivity contribution in [3.63, 3.8) is 0 Å². The second-order valence-corrected chi connectivity index (χ2v) is 20.5. The first-order valence-corrected chi connectivity index (χ1v) is 26.9. The summed E-state index contributed by atoms with van der Waals surface area (Å²) in [4.78, 5) is 69.3. The lowest BCUT2D eigenvalue weighted by Crippen LogP contribution is -2.52. The molecule has 3 saturated heterocycles. The molecule has 0 radical (unpaired) electrons. The summed E-state index contributed by atoms with van der Waals surface area (Å²) in [6.45, 7) is 7.83. The number of ether oxygens (including phenoxy) is 1. The number of thioether (sulfide) groups is 1. The number of nitrogens with two attached hydrogens (primary N) is 1. The zero-order chi connectivity index (χ0) is 48.9. The number of likely N-dealkylation sites (tertiary alicyclic amines) is 1. The fourth-order valence-corrected chi connectivity index (χ4v) is 11.5. The molecule has 2 aromatic heterocycles. The molecule has 5 aromatic rings. The van der Waals surface area contributed by atoms with Crippen molar-refractivity contribution in [1.82, 2.24) is 44.7 Å². The lowest BCUT2D eigenvalue weighted by molar-refractivity contribution is -0.137. The highest BCUT2D eigenvalue weighted by molar-refractivity contribution is 7.99. The number of fused-ring (bicyclic) bond motifs is 2. The van der Waals surface area contributed by atoms with E-state index in [1.807, 2.05) is 94.1 Å². The van der Waals surface area contributed by atoms with Crippen LogP contribution in [0.4, 0.5) is 5.82 Å². The molecule has 15 nitrogen and oxygen atoms in total. The number of carbonyl (C=O) groups is 4. The van der Waals surface area contributed by atoms with Crippen LogP contribution < -0.4 is 15.8 Å². The van der Waals surface area contributed by atoms with Crippen LogP contribution in [0.15, 0.2) is 96.2 Å². The zero-order valence-electron chi connectivity index (χ0n) is 40.9. The van der Waals surface area contributed by atoms with Gasteiger partial charge in [0, 0.05) is 80.9 Å². The normalized spacial score (nSPS) is 19.0. The van der Waals surface area contributed by atoms with Crippen molar-refractivity contribution in [1.29, 1.82) is 0 Å². The number of piperidine rings is 2. The van der Waals surface area contributed by atoms with Crippen molar-refractivity contribution in [3.05, 3.63) is 102 Å². The monoisotopic (exact) mass is 981 g/mol. The van der Waals surface area contributed by atoms with Gasteiger partial charge < -0.3 is 25.2 Å². The number of rotatable bonds is 22. The Hall–Kier alpha value is -6.10. The number of imide groups is 1. The minimum absolute atomic E-state index is 0.0375. The van der Waals surface area contributed by atoms with Crippen molar-refractivity contribution >= 4 is 52.2 Å². The van der Waals surface area contributed by atoms with Gasteiger partial charge >= 0.3 is 0 Å². The van der Waals surface area contributed by atoms with E-state index in [2.05, 4.69) is 31.2 Å². The van der Waals surface area contributed by atoms with Crippen LogP contribution >= 0.6 is 11.8 Å². The van der Waals surface area contributed by atoms with Crippen molar-refractivity contribution in [2.45, 2.75) is 113 Å². The van der Waals surface area contributed by atoms with Crippen LogP contribution in [0.1, 0.15) is 112 Å². The molecule has 3 fully saturated rings. The Morgan fingerprint density at radius 1 is 0.789 bits per heavy atom. The third-order valence-corrected chi connectivity index (χ3v) is 15.6. The van der Waals surface area contributed by atoms with Crippen LogP contribution in [0.5, 0.6) is 11.5 Å². The van der Waals surface area contributed by atoms with Gasteiger partial charge in [-0.05, 0) is 98.5 Å². The standard InChI is InChI=1S/C55H68N10O5S/c56-52-50-51(40-23-25-43(26-24-40)70-42-18-10-9-11-19-42)60-65(53(50)58-39-57-52)41-17-15-31-63(37-41)49(67)22-16-30-62-34-32-61(33-35-62)29-12-7-5-3-1-2-4-6-8-13-36-71-47-21-14-20-44-45(47)38-64(55(44)69)46-27-28-48(66)59-54(46)68/h9-11,14,16,18-26,39,41,46H,1-8,12-13,15,17,27-38H2,(H2,56,57,58)(H,59,66,68)/b22-16+. The number of nitrogen functional groups attached to an aromatic ring is 1. The molecule has 0 aliphatic carbocycles. The maximum Gasteiger partial charge on any atom is 0.255 e. The smallest absolute Gasteiger partial charge is 0.255 e. The van der Waals surface area contributed by atoms with Crippen LogP contribution in [0.3, 0.4) is 0 Å². The number of hydrogen-bond donors (Lipinski definition) is 2. The van der Waals surface area contributed by atoms with Crippen molar-refractivity contribution < 1.29 is 23.9 Å². The summed E-state index contributed by atoms with van der Waals surface area (Å²) in [6.07, 6.45) is 20.4. The predicted molar refractivity (Wildman–Crippen MR) is 278 cm³/mol. The zero-order valence-corrected chi connectivity index (χ0v) is 41.7. The quantitative estimate of drug-likeness (QED) is 0.0293. The number of nitrogens with one attached hydrogen (secondary N) is 1. The Morgan fingerprint density at radius 3 is 2.27 bits per heavy atom. The summed E-state index contributed by atoms with van der Waals surface area (Å²) < 4.78 is 7.95. The van der Waals surface area contributed by atoms with Crippen LogP contribution in [0.2, 0.25) is 0 Å². The molecule has 16 heteroatoms. The number of amides is 4. The van der Waals surface area contributed by atoms with Crippen LogP contribution in [-0.4, -0.2) is 127 Å². The number of unbranched alkanes of at least 4 members (excludes halogenated alkanes) is 9. The van der Waals surface area contributed by atoms with Gasteiger partial charge in [0.05, 0.1) is 11.4 Å². The van der Waals surface area contributed by atoms with E-state index in [4.69, 9.17) is 15.6 Å². The number of piperazine rings is 1. The molecule has 4 amide bonds. The first-order valence-electron chi connectivity index (χ1n) is 25.9. The molecule has 9 rings (SSSR count). The van der Waals surface area contributed by atoms with E-state index in [1.165, 1.54) is 64.1 Å². The second-order valence-electron chi connectivity index (χ2n) is 19.4. The summed E-state index contributed by atoms with van der Waals surface area (Å²) >= 11 is 1.81. The summed E-state index contributed by atoms with van der Waals surface area (Å²) in [7, 11) is 0. The van der Waals surface area contributed by atoms with Gasteiger partial charge in [-0.2, -0.15) is 5.10 Å². The van der Waals surface area contributed by atoms with Gasteiger partial charge in [-0.1, -0.05) is 81.7 Å². The highest BCUT2D eigenvalue weighted by atomic mass is 32.2. The van der Waals surface area contributed by atoms with E-state index in [-0.39, 0.29) is 36.1 Å². The summed E-state index contributed by atoms with van der Waals surface area (Å²) in [6, 6.07) is 22.7. The minimum Gasteiger partial charge on any atom is -0.457 e. The maximum atomic E-state index is 13.5. The van der Waals surface area contributed by atoms with E-state index in [0.717, 1.165) is 91.8 Å². The molecule has 71 heavy (non-hydrogen) atoms. The number of benzene rings is 3. The third kappa shape index (κ3) is 12.7. The molecule has 2 unspecified atom stereocenters. The predicted octanol–water partition coefficient (Wildman–Crippen LogP) is 8.66. The molecule has 3 N–H and O–H groups in total. The van der Waals surface area contributed by atoms with Crippen LogP contribution in [-0.2, 0) is 20.9 Å². The topological polar surface area (TPSA) is 172 Å². The molecule has 0 saturated carbocycles. The van der Waals surface area contributed by atoms with Crippen LogP contribution in [0.25, 0.3) is 22.3 Å². The van der Waals surface area contributed by atoms with Crippen molar-refractivity contribution in [3.8, 4) is 22.8 Å². The van der Waals surface area contributed by atoms with Gasteiger partial charge in [-0.15, -0.1) is 11.8 Å². The first kappa shape index (κ1) is 49.9. The Labute approximate surface area is 421 Å². The maximum absolute atomic E-state index is 13.5. The highest BCUT2D eigenvalue weighted by Crippen LogP contribution is 2.37. The molecule has 374 valence electrons. The van der Waals surface area contributed by atoms with E-state index < -0.39 is 6.04 Å². The Kier molecular flexibility index (Phi) is 17.1. The number of anilines is 1. The molecule has 6 heterocycles. The molecule has 2 atom stereocenters. The molecule has 0 spiro atoms. The van der Waals surface area contributed by atoms with Gasteiger partial charge in [-0.25, -0.2) is 14.6 Å². The summed E-state index contributed by atoms with van der Waals surface area (Å²) in [5.41, 5.74) is 10.4. The van der Waals surface area contributed by atoms with E-state index >= 15 is 0 Å². The van der Waals surface area contributed by atoms with Crippen molar-refractivity contribution in [2.24, 2.45) is 0 Å². The molecule has 3 aromatic carbocycles. The average molecular weight is 981 g/mol. The van der Waals surface area contributed by atoms with E-state index in [0.29, 0.717) is 54.2 Å².